The molecule has 0 saturated carbocycles. The SMILES string of the molecule is COc1ccc(C(N=C=O)C(F)(F)F)cc1. The van der Waals surface area contributed by atoms with Crippen molar-refractivity contribution in [1.82, 2.24) is 0 Å². The average Bonchev–Trinajstić information content (AvgIpc) is 2.25. The summed E-state index contributed by atoms with van der Waals surface area (Å²) in [6, 6.07) is 2.98. The van der Waals surface area contributed by atoms with Gasteiger partial charge in [-0.3, -0.25) is 0 Å². The third kappa shape index (κ3) is 2.84. The van der Waals surface area contributed by atoms with Crippen LogP contribution >= 0.6 is 0 Å². The molecule has 1 unspecified atom stereocenters. The second-order valence-corrected chi connectivity index (χ2v) is 2.94. The molecular formula is C10H8F3NO2. The standard InChI is InChI=1S/C10H8F3NO2/c1-16-8-4-2-7(3-5-8)9(14-6-15)10(11,12)13/h2-5,9H,1H3. The van der Waals surface area contributed by atoms with E-state index in [4.69, 9.17) is 4.74 Å². The zero-order valence-electron chi connectivity index (χ0n) is 8.28. The van der Waals surface area contributed by atoms with Gasteiger partial charge in [0.1, 0.15) is 5.75 Å². The van der Waals surface area contributed by atoms with E-state index in [0.717, 1.165) is 6.08 Å². The van der Waals surface area contributed by atoms with Gasteiger partial charge in [0.2, 0.25) is 6.08 Å². The van der Waals surface area contributed by atoms with Gasteiger partial charge < -0.3 is 4.74 Å². The molecule has 86 valence electrons. The van der Waals surface area contributed by atoms with Crippen molar-refractivity contribution in [3.63, 3.8) is 0 Å². The Balaban J connectivity index is 3.07. The predicted molar refractivity (Wildman–Crippen MR) is 49.9 cm³/mol. The van der Waals surface area contributed by atoms with Crippen molar-refractivity contribution in [3.05, 3.63) is 29.8 Å². The van der Waals surface area contributed by atoms with Crippen LogP contribution in [0.3, 0.4) is 0 Å². The molecule has 16 heavy (non-hydrogen) atoms. The normalized spacial score (nSPS) is 12.8. The Morgan fingerprint density at radius 3 is 2.25 bits per heavy atom. The largest absolute Gasteiger partial charge is 0.497 e. The highest BCUT2D eigenvalue weighted by Crippen LogP contribution is 2.36. The van der Waals surface area contributed by atoms with Crippen molar-refractivity contribution < 1.29 is 22.7 Å². The minimum absolute atomic E-state index is 0.128. The summed E-state index contributed by atoms with van der Waals surface area (Å²) >= 11 is 0. The zero-order chi connectivity index (χ0) is 12.2. The highest BCUT2D eigenvalue weighted by Gasteiger charge is 2.41. The molecular weight excluding hydrogens is 223 g/mol. The Morgan fingerprint density at radius 1 is 1.31 bits per heavy atom. The molecule has 0 saturated heterocycles. The van der Waals surface area contributed by atoms with E-state index in [-0.39, 0.29) is 5.56 Å². The lowest BCUT2D eigenvalue weighted by Crippen LogP contribution is -2.18. The molecule has 6 heteroatoms. The van der Waals surface area contributed by atoms with Gasteiger partial charge in [-0.05, 0) is 17.7 Å². The molecule has 0 amide bonds. The van der Waals surface area contributed by atoms with E-state index >= 15 is 0 Å². The van der Waals surface area contributed by atoms with E-state index in [2.05, 4.69) is 4.99 Å². The van der Waals surface area contributed by atoms with Gasteiger partial charge in [0, 0.05) is 0 Å². The third-order valence-electron chi connectivity index (χ3n) is 1.92. The van der Waals surface area contributed by atoms with Crippen LogP contribution in [0.5, 0.6) is 5.75 Å². The summed E-state index contributed by atoms with van der Waals surface area (Å²) in [5, 5.41) is 0. The number of aliphatic imine (C=N–C) groups is 1. The van der Waals surface area contributed by atoms with E-state index in [0.29, 0.717) is 5.75 Å². The highest BCUT2D eigenvalue weighted by atomic mass is 19.4. The van der Waals surface area contributed by atoms with Gasteiger partial charge in [0.15, 0.2) is 6.04 Å². The number of alkyl halides is 3. The van der Waals surface area contributed by atoms with Crippen LogP contribution < -0.4 is 4.74 Å². The van der Waals surface area contributed by atoms with Crippen LogP contribution in [-0.4, -0.2) is 19.4 Å². The van der Waals surface area contributed by atoms with Gasteiger partial charge in [0.25, 0.3) is 0 Å². The molecule has 1 atom stereocenters. The van der Waals surface area contributed by atoms with Gasteiger partial charge in [-0.25, -0.2) is 4.79 Å². The first-order valence-electron chi connectivity index (χ1n) is 4.26. The Kier molecular flexibility index (Phi) is 3.68. The molecule has 0 bridgehead atoms. The number of carbonyl (C=O) groups excluding carboxylic acids is 1. The van der Waals surface area contributed by atoms with Crippen molar-refractivity contribution in [1.29, 1.82) is 0 Å². The number of hydrogen-bond acceptors (Lipinski definition) is 3. The molecule has 1 aromatic rings. The van der Waals surface area contributed by atoms with E-state index in [1.165, 1.54) is 31.4 Å². The van der Waals surface area contributed by atoms with Crippen molar-refractivity contribution in [2.45, 2.75) is 12.2 Å². The van der Waals surface area contributed by atoms with Crippen molar-refractivity contribution >= 4 is 6.08 Å². The molecule has 1 rings (SSSR count). The molecule has 0 spiro atoms. The molecule has 3 nitrogen and oxygen atoms in total. The minimum atomic E-state index is -4.61. The summed E-state index contributed by atoms with van der Waals surface area (Å²) in [4.78, 5) is 12.7. The minimum Gasteiger partial charge on any atom is -0.497 e. The average molecular weight is 231 g/mol. The van der Waals surface area contributed by atoms with E-state index < -0.39 is 12.2 Å². The summed E-state index contributed by atoms with van der Waals surface area (Å²) < 4.78 is 42.2. The molecule has 0 aliphatic carbocycles. The van der Waals surface area contributed by atoms with Crippen LogP contribution in [0.15, 0.2) is 29.3 Å². The van der Waals surface area contributed by atoms with E-state index in [1.807, 2.05) is 0 Å². The Labute approximate surface area is 89.6 Å². The molecule has 0 aliphatic heterocycles. The number of benzene rings is 1. The molecule has 0 aromatic heterocycles. The summed E-state index contributed by atoms with van der Waals surface area (Å²) in [7, 11) is 1.40. The molecule has 1 aromatic carbocycles. The second-order valence-electron chi connectivity index (χ2n) is 2.94. The van der Waals surface area contributed by atoms with Gasteiger partial charge in [-0.1, -0.05) is 12.1 Å². The summed E-state index contributed by atoms with van der Waals surface area (Å²) in [6.45, 7) is 0. The van der Waals surface area contributed by atoms with Crippen LogP contribution in [0.1, 0.15) is 11.6 Å². The number of isocyanates is 1. The fourth-order valence-corrected chi connectivity index (χ4v) is 1.18. The lowest BCUT2D eigenvalue weighted by molar-refractivity contribution is -0.148. The lowest BCUT2D eigenvalue weighted by atomic mass is 10.1. The first-order chi connectivity index (χ1) is 7.49. The third-order valence-corrected chi connectivity index (χ3v) is 1.92. The first kappa shape index (κ1) is 12.3. The smallest absolute Gasteiger partial charge is 0.415 e. The Bertz CT molecular complexity index is 394. The topological polar surface area (TPSA) is 38.7 Å². The number of nitrogens with zero attached hydrogens (tertiary/aromatic N) is 1. The van der Waals surface area contributed by atoms with Crippen LogP contribution in [-0.2, 0) is 4.79 Å². The maximum atomic E-state index is 12.5. The van der Waals surface area contributed by atoms with Gasteiger partial charge >= 0.3 is 6.18 Å². The Hall–Kier alpha value is -1.81. The quantitative estimate of drug-likeness (QED) is 0.592. The molecule has 0 N–H and O–H groups in total. The summed E-state index contributed by atoms with van der Waals surface area (Å²) in [5.41, 5.74) is -0.128. The number of halogens is 3. The van der Waals surface area contributed by atoms with E-state index in [9.17, 15) is 18.0 Å². The van der Waals surface area contributed by atoms with Crippen molar-refractivity contribution in [2.75, 3.05) is 7.11 Å². The van der Waals surface area contributed by atoms with Gasteiger partial charge in [-0.15, -0.1) is 0 Å². The van der Waals surface area contributed by atoms with Gasteiger partial charge in [0.05, 0.1) is 7.11 Å². The molecule has 0 heterocycles. The lowest BCUT2D eigenvalue weighted by Gasteiger charge is -2.14. The fraction of sp³-hybridized carbons (Fsp3) is 0.300. The van der Waals surface area contributed by atoms with Crippen LogP contribution in [0.2, 0.25) is 0 Å². The number of methoxy groups -OCH3 is 1. The molecule has 0 fully saturated rings. The maximum Gasteiger partial charge on any atom is 0.415 e. The monoisotopic (exact) mass is 231 g/mol. The molecule has 0 aliphatic rings. The predicted octanol–water partition coefficient (Wildman–Crippen LogP) is 2.63. The highest BCUT2D eigenvalue weighted by molar-refractivity contribution is 5.37. The van der Waals surface area contributed by atoms with Crippen LogP contribution in [0, 0.1) is 0 Å². The van der Waals surface area contributed by atoms with Crippen molar-refractivity contribution in [2.24, 2.45) is 4.99 Å². The maximum absolute atomic E-state index is 12.5. The van der Waals surface area contributed by atoms with Crippen molar-refractivity contribution in [3.8, 4) is 5.75 Å². The van der Waals surface area contributed by atoms with Crippen LogP contribution in [0.4, 0.5) is 13.2 Å². The first-order valence-corrected chi connectivity index (χ1v) is 4.26. The van der Waals surface area contributed by atoms with Crippen LogP contribution in [0.25, 0.3) is 0 Å². The summed E-state index contributed by atoms with van der Waals surface area (Å²) in [6.07, 6.45) is -3.68. The van der Waals surface area contributed by atoms with Gasteiger partial charge in [-0.2, -0.15) is 18.2 Å². The zero-order valence-corrected chi connectivity index (χ0v) is 8.28. The van der Waals surface area contributed by atoms with E-state index in [1.54, 1.807) is 0 Å². The Morgan fingerprint density at radius 2 is 1.88 bits per heavy atom. The number of rotatable bonds is 3. The molecule has 0 radical (unpaired) electrons. The number of hydrogen-bond donors (Lipinski definition) is 0. The fourth-order valence-electron chi connectivity index (χ4n) is 1.18. The number of ether oxygens (including phenoxy) is 1. The second kappa shape index (κ2) is 4.81. The summed E-state index contributed by atoms with van der Waals surface area (Å²) in [5.74, 6) is 0.430.